The summed E-state index contributed by atoms with van der Waals surface area (Å²) >= 11 is 1.45. The number of carbonyl (C=O) groups is 1. The maximum absolute atomic E-state index is 12.5. The van der Waals surface area contributed by atoms with Gasteiger partial charge < -0.3 is 5.32 Å². The van der Waals surface area contributed by atoms with Crippen molar-refractivity contribution in [3.63, 3.8) is 0 Å². The van der Waals surface area contributed by atoms with E-state index < -0.39 is 10.0 Å². The number of rotatable bonds is 7. The van der Waals surface area contributed by atoms with Crippen LogP contribution in [0.15, 0.2) is 58.3 Å². The molecule has 2 aromatic carbocycles. The van der Waals surface area contributed by atoms with Gasteiger partial charge >= 0.3 is 0 Å². The summed E-state index contributed by atoms with van der Waals surface area (Å²) in [6.07, 6.45) is 1.88. The van der Waals surface area contributed by atoms with Crippen LogP contribution in [0.4, 0.5) is 5.69 Å². The van der Waals surface area contributed by atoms with Gasteiger partial charge in [-0.25, -0.2) is 13.1 Å². The molecular weight excluding hydrogens is 356 g/mol. The van der Waals surface area contributed by atoms with E-state index in [9.17, 15) is 13.2 Å². The molecule has 2 aromatic rings. The van der Waals surface area contributed by atoms with Crippen molar-refractivity contribution in [2.24, 2.45) is 5.92 Å². The van der Waals surface area contributed by atoms with E-state index in [0.717, 1.165) is 10.5 Å². The highest BCUT2D eigenvalue weighted by molar-refractivity contribution is 7.98. The number of sulfonamides is 1. The first-order valence-corrected chi connectivity index (χ1v) is 10.6. The Morgan fingerprint density at radius 3 is 2.40 bits per heavy atom. The van der Waals surface area contributed by atoms with E-state index in [-0.39, 0.29) is 23.3 Å². The monoisotopic (exact) mass is 378 g/mol. The maximum atomic E-state index is 12.5. The first kappa shape index (κ1) is 19.5. The predicted molar refractivity (Wildman–Crippen MR) is 102 cm³/mol. The third-order valence-corrected chi connectivity index (χ3v) is 5.77. The third-order valence-electron chi connectivity index (χ3n) is 3.57. The smallest absolute Gasteiger partial charge is 0.240 e. The maximum Gasteiger partial charge on any atom is 0.240 e. The third kappa shape index (κ3) is 5.32. The highest BCUT2D eigenvalue weighted by Gasteiger charge is 2.17. The van der Waals surface area contributed by atoms with Crippen LogP contribution in [0.5, 0.6) is 0 Å². The zero-order valence-corrected chi connectivity index (χ0v) is 16.1. The second-order valence-corrected chi connectivity index (χ2v) is 8.43. The summed E-state index contributed by atoms with van der Waals surface area (Å²) in [6, 6.07) is 14.1. The standard InChI is InChI=1S/C18H22N2O3S2/c1-13(2)18(21)20-16-11-15(9-10-17(16)24-3)25(22,23)19-12-14-7-5-4-6-8-14/h4-11,13,19H,12H2,1-3H3,(H,20,21). The molecule has 134 valence electrons. The average Bonchev–Trinajstić information content (AvgIpc) is 2.60. The number of hydrogen-bond acceptors (Lipinski definition) is 4. The van der Waals surface area contributed by atoms with Gasteiger partial charge in [-0.1, -0.05) is 44.2 Å². The van der Waals surface area contributed by atoms with Crippen molar-refractivity contribution in [3.05, 3.63) is 54.1 Å². The van der Waals surface area contributed by atoms with E-state index in [1.807, 2.05) is 36.6 Å². The molecule has 0 saturated heterocycles. The van der Waals surface area contributed by atoms with Gasteiger partial charge in [0.2, 0.25) is 15.9 Å². The summed E-state index contributed by atoms with van der Waals surface area (Å²) in [5.41, 5.74) is 1.38. The fourth-order valence-corrected chi connectivity index (χ4v) is 3.66. The lowest BCUT2D eigenvalue weighted by atomic mass is 10.2. The molecule has 0 unspecified atom stereocenters. The number of benzene rings is 2. The van der Waals surface area contributed by atoms with Crippen LogP contribution in [0.2, 0.25) is 0 Å². The largest absolute Gasteiger partial charge is 0.325 e. The Hall–Kier alpha value is -1.83. The van der Waals surface area contributed by atoms with Crippen molar-refractivity contribution >= 4 is 33.4 Å². The van der Waals surface area contributed by atoms with E-state index in [4.69, 9.17) is 0 Å². The number of carbonyl (C=O) groups excluding carboxylic acids is 1. The van der Waals surface area contributed by atoms with Crippen molar-refractivity contribution in [1.29, 1.82) is 0 Å². The summed E-state index contributed by atoms with van der Waals surface area (Å²) in [6.45, 7) is 3.79. The lowest BCUT2D eigenvalue weighted by Crippen LogP contribution is -2.24. The molecule has 0 saturated carbocycles. The van der Waals surface area contributed by atoms with Gasteiger partial charge in [0.05, 0.1) is 10.6 Å². The Labute approximate surface area is 153 Å². The second kappa shape index (κ2) is 8.51. The van der Waals surface area contributed by atoms with Crippen LogP contribution in [0.3, 0.4) is 0 Å². The minimum absolute atomic E-state index is 0.125. The minimum Gasteiger partial charge on any atom is -0.325 e. The Bertz CT molecular complexity index is 835. The van der Waals surface area contributed by atoms with Crippen molar-refractivity contribution in [2.75, 3.05) is 11.6 Å². The highest BCUT2D eigenvalue weighted by atomic mass is 32.2. The molecule has 1 amide bonds. The topological polar surface area (TPSA) is 75.3 Å². The molecule has 2 N–H and O–H groups in total. The van der Waals surface area contributed by atoms with Gasteiger partial charge in [-0.05, 0) is 30.0 Å². The highest BCUT2D eigenvalue weighted by Crippen LogP contribution is 2.28. The molecule has 0 radical (unpaired) electrons. The molecule has 25 heavy (non-hydrogen) atoms. The SMILES string of the molecule is CSc1ccc(S(=O)(=O)NCc2ccccc2)cc1NC(=O)C(C)C. The zero-order chi connectivity index (χ0) is 18.4. The first-order valence-electron chi connectivity index (χ1n) is 7.86. The Morgan fingerprint density at radius 2 is 1.80 bits per heavy atom. The predicted octanol–water partition coefficient (Wildman–Crippen LogP) is 3.48. The summed E-state index contributed by atoms with van der Waals surface area (Å²) in [7, 11) is -3.67. The fraction of sp³-hybridized carbons (Fsp3) is 0.278. The quantitative estimate of drug-likeness (QED) is 0.723. The van der Waals surface area contributed by atoms with Gasteiger partial charge in [-0.3, -0.25) is 4.79 Å². The lowest BCUT2D eigenvalue weighted by Gasteiger charge is -2.14. The van der Waals surface area contributed by atoms with E-state index in [1.165, 1.54) is 17.8 Å². The molecule has 0 spiro atoms. The van der Waals surface area contributed by atoms with Gasteiger partial charge in [-0.2, -0.15) is 0 Å². The van der Waals surface area contributed by atoms with Crippen LogP contribution < -0.4 is 10.0 Å². The summed E-state index contributed by atoms with van der Waals surface area (Å²) in [5, 5.41) is 2.80. The molecule has 0 aliphatic rings. The van der Waals surface area contributed by atoms with Crippen molar-refractivity contribution in [3.8, 4) is 0 Å². The van der Waals surface area contributed by atoms with E-state index in [0.29, 0.717) is 5.69 Å². The summed E-state index contributed by atoms with van der Waals surface area (Å²) in [4.78, 5) is 12.9. The van der Waals surface area contributed by atoms with Crippen LogP contribution in [-0.2, 0) is 21.4 Å². The van der Waals surface area contributed by atoms with Crippen LogP contribution in [0, 0.1) is 5.92 Å². The van der Waals surface area contributed by atoms with Crippen molar-refractivity contribution in [2.45, 2.75) is 30.2 Å². The number of thioether (sulfide) groups is 1. The van der Waals surface area contributed by atoms with Crippen LogP contribution in [0.25, 0.3) is 0 Å². The van der Waals surface area contributed by atoms with Gasteiger partial charge in [0.15, 0.2) is 0 Å². The second-order valence-electron chi connectivity index (χ2n) is 5.82. The molecule has 0 atom stereocenters. The number of anilines is 1. The molecule has 5 nitrogen and oxygen atoms in total. The van der Waals surface area contributed by atoms with Crippen LogP contribution >= 0.6 is 11.8 Å². The van der Waals surface area contributed by atoms with Gasteiger partial charge in [0, 0.05) is 17.4 Å². The van der Waals surface area contributed by atoms with E-state index >= 15 is 0 Å². The van der Waals surface area contributed by atoms with Crippen LogP contribution in [-0.4, -0.2) is 20.6 Å². The molecule has 0 aromatic heterocycles. The van der Waals surface area contributed by atoms with Gasteiger partial charge in [0.1, 0.15) is 0 Å². The van der Waals surface area contributed by atoms with Gasteiger partial charge in [-0.15, -0.1) is 11.8 Å². The molecule has 7 heteroatoms. The zero-order valence-electron chi connectivity index (χ0n) is 14.4. The molecule has 0 bridgehead atoms. The van der Waals surface area contributed by atoms with Crippen LogP contribution in [0.1, 0.15) is 19.4 Å². The Kier molecular flexibility index (Phi) is 6.64. The van der Waals surface area contributed by atoms with E-state index in [2.05, 4.69) is 10.0 Å². The molecular formula is C18H22N2O3S2. The Balaban J connectivity index is 2.23. The Morgan fingerprint density at radius 1 is 1.12 bits per heavy atom. The van der Waals surface area contributed by atoms with E-state index in [1.54, 1.807) is 26.0 Å². The number of nitrogens with one attached hydrogen (secondary N) is 2. The number of amides is 1. The minimum atomic E-state index is -3.67. The van der Waals surface area contributed by atoms with Crippen molar-refractivity contribution in [1.82, 2.24) is 4.72 Å². The van der Waals surface area contributed by atoms with Gasteiger partial charge in [0.25, 0.3) is 0 Å². The lowest BCUT2D eigenvalue weighted by molar-refractivity contribution is -0.118. The summed E-state index contributed by atoms with van der Waals surface area (Å²) in [5.74, 6) is -0.340. The molecule has 0 fully saturated rings. The first-order chi connectivity index (χ1) is 11.8. The number of hydrogen-bond donors (Lipinski definition) is 2. The molecule has 0 aliphatic carbocycles. The molecule has 2 rings (SSSR count). The summed E-state index contributed by atoms with van der Waals surface area (Å²) < 4.78 is 27.7. The fourth-order valence-electron chi connectivity index (χ4n) is 2.09. The molecule has 0 aliphatic heterocycles. The molecule has 0 heterocycles. The van der Waals surface area contributed by atoms with Crippen molar-refractivity contribution < 1.29 is 13.2 Å². The average molecular weight is 379 g/mol. The normalized spacial score (nSPS) is 11.5.